The van der Waals surface area contributed by atoms with E-state index in [0.29, 0.717) is 5.56 Å². The molecule has 1 fully saturated rings. The lowest BCUT2D eigenvalue weighted by Crippen LogP contribution is -2.58. The van der Waals surface area contributed by atoms with Gasteiger partial charge in [-0.3, -0.25) is 4.79 Å². The summed E-state index contributed by atoms with van der Waals surface area (Å²) in [5.74, 6) is -1.82. The monoisotopic (exact) mass is 292 g/mol. The molecule has 2 N–H and O–H groups in total. The second kappa shape index (κ2) is 6.45. The van der Waals surface area contributed by atoms with Crippen LogP contribution in [-0.2, 0) is 9.53 Å². The Morgan fingerprint density at radius 1 is 1.24 bits per heavy atom. The van der Waals surface area contributed by atoms with Gasteiger partial charge in [0.2, 0.25) is 0 Å². The standard InChI is InChI=1S/C14H16N2O5/c17-12(10-4-2-1-3-5-10)15-11(13(18)19)14(16-20)6-8-21-9-7-14/h1-5,11H,6-9H2,(H,15,17)(H,18,19). The van der Waals surface area contributed by atoms with Gasteiger partial charge in [0.25, 0.3) is 5.91 Å². The van der Waals surface area contributed by atoms with Crippen LogP contribution in [-0.4, -0.2) is 41.8 Å². The number of hydrogen-bond donors (Lipinski definition) is 2. The highest BCUT2D eigenvalue weighted by molar-refractivity contribution is 5.96. The largest absolute Gasteiger partial charge is 0.480 e. The summed E-state index contributed by atoms with van der Waals surface area (Å²) in [5, 5.41) is 14.8. The van der Waals surface area contributed by atoms with Gasteiger partial charge in [0, 0.05) is 31.6 Å². The summed E-state index contributed by atoms with van der Waals surface area (Å²) in [6.07, 6.45) is 0.338. The van der Waals surface area contributed by atoms with E-state index in [1.807, 2.05) is 0 Å². The Balaban J connectivity index is 2.21. The molecule has 1 aliphatic heterocycles. The lowest BCUT2D eigenvalue weighted by molar-refractivity contribution is -0.142. The molecule has 0 bridgehead atoms. The average Bonchev–Trinajstić information content (AvgIpc) is 2.53. The highest BCUT2D eigenvalue weighted by Gasteiger charge is 2.47. The summed E-state index contributed by atoms with van der Waals surface area (Å²) in [5.41, 5.74) is -1.04. The topological polar surface area (TPSA) is 105 Å². The molecule has 1 aromatic carbocycles. The Hall–Kier alpha value is -2.28. The van der Waals surface area contributed by atoms with Gasteiger partial charge in [0.15, 0.2) is 6.04 Å². The number of hydrogen-bond acceptors (Lipinski definition) is 5. The third-order valence-electron chi connectivity index (χ3n) is 3.64. The molecule has 0 spiro atoms. The maximum Gasteiger partial charge on any atom is 0.328 e. The van der Waals surface area contributed by atoms with Crippen LogP contribution in [0.15, 0.2) is 35.5 Å². The van der Waals surface area contributed by atoms with Crippen LogP contribution in [0.25, 0.3) is 0 Å². The fraction of sp³-hybridized carbons (Fsp3) is 0.429. The van der Waals surface area contributed by atoms with Crippen molar-refractivity contribution in [1.29, 1.82) is 0 Å². The third-order valence-corrected chi connectivity index (χ3v) is 3.64. The number of carbonyl (C=O) groups excluding carboxylic acids is 1. The molecule has 0 radical (unpaired) electrons. The number of nitrogens with zero attached hydrogens (tertiary/aromatic N) is 1. The number of nitroso groups, excluding NO2 is 1. The molecule has 7 nitrogen and oxygen atoms in total. The predicted molar refractivity (Wildman–Crippen MR) is 73.9 cm³/mol. The molecule has 7 heteroatoms. The number of carbonyl (C=O) groups is 2. The van der Waals surface area contributed by atoms with Crippen LogP contribution in [0.4, 0.5) is 0 Å². The molecule has 1 heterocycles. The molecular weight excluding hydrogens is 276 g/mol. The zero-order chi connectivity index (χ0) is 15.3. The highest BCUT2D eigenvalue weighted by atomic mass is 16.5. The Kier molecular flexibility index (Phi) is 4.64. The molecule has 1 atom stereocenters. The van der Waals surface area contributed by atoms with E-state index in [1.165, 1.54) is 0 Å². The first kappa shape index (κ1) is 15.1. The van der Waals surface area contributed by atoms with E-state index in [0.717, 1.165) is 0 Å². The van der Waals surface area contributed by atoms with Gasteiger partial charge in [-0.05, 0) is 12.1 Å². The zero-order valence-electron chi connectivity index (χ0n) is 11.3. The first-order valence-electron chi connectivity index (χ1n) is 6.60. The zero-order valence-corrected chi connectivity index (χ0v) is 11.3. The van der Waals surface area contributed by atoms with E-state index in [1.54, 1.807) is 30.3 Å². The Morgan fingerprint density at radius 3 is 2.38 bits per heavy atom. The quantitative estimate of drug-likeness (QED) is 0.793. The van der Waals surface area contributed by atoms with E-state index in [4.69, 9.17) is 4.74 Å². The van der Waals surface area contributed by atoms with E-state index >= 15 is 0 Å². The summed E-state index contributed by atoms with van der Waals surface area (Å²) in [4.78, 5) is 34.8. The Morgan fingerprint density at radius 2 is 1.86 bits per heavy atom. The van der Waals surface area contributed by atoms with Crippen molar-refractivity contribution in [3.05, 3.63) is 40.8 Å². The summed E-state index contributed by atoms with van der Waals surface area (Å²) >= 11 is 0. The summed E-state index contributed by atoms with van der Waals surface area (Å²) in [6.45, 7) is 0.494. The third kappa shape index (κ3) is 3.25. The van der Waals surface area contributed by atoms with Crippen LogP contribution in [0.1, 0.15) is 23.2 Å². The van der Waals surface area contributed by atoms with Crippen molar-refractivity contribution in [3.8, 4) is 0 Å². The number of carboxylic acids is 1. The average molecular weight is 292 g/mol. The second-order valence-corrected chi connectivity index (χ2v) is 4.92. The lowest BCUT2D eigenvalue weighted by Gasteiger charge is -2.35. The fourth-order valence-electron chi connectivity index (χ4n) is 2.39. The molecule has 112 valence electrons. The number of benzene rings is 1. The molecule has 0 saturated carbocycles. The van der Waals surface area contributed by atoms with Gasteiger partial charge in [-0.1, -0.05) is 23.4 Å². The molecule has 0 aliphatic carbocycles. The van der Waals surface area contributed by atoms with Crippen molar-refractivity contribution in [2.24, 2.45) is 5.18 Å². The molecule has 1 unspecified atom stereocenters. The summed E-state index contributed by atoms with van der Waals surface area (Å²) < 4.78 is 5.14. The van der Waals surface area contributed by atoms with Gasteiger partial charge in [0.05, 0.1) is 0 Å². The van der Waals surface area contributed by atoms with E-state index in [-0.39, 0.29) is 26.1 Å². The molecule has 2 rings (SSSR count). The van der Waals surface area contributed by atoms with Crippen molar-refractivity contribution in [2.45, 2.75) is 24.4 Å². The van der Waals surface area contributed by atoms with Crippen molar-refractivity contribution in [1.82, 2.24) is 5.32 Å². The van der Waals surface area contributed by atoms with E-state index in [2.05, 4.69) is 10.5 Å². The highest BCUT2D eigenvalue weighted by Crippen LogP contribution is 2.29. The molecule has 21 heavy (non-hydrogen) atoms. The number of aliphatic carboxylic acids is 1. The molecule has 1 aliphatic rings. The molecule has 1 saturated heterocycles. The van der Waals surface area contributed by atoms with Crippen molar-refractivity contribution in [2.75, 3.05) is 13.2 Å². The second-order valence-electron chi connectivity index (χ2n) is 4.92. The van der Waals surface area contributed by atoms with Crippen LogP contribution in [0.5, 0.6) is 0 Å². The van der Waals surface area contributed by atoms with Gasteiger partial charge in [0.1, 0.15) is 5.54 Å². The summed E-state index contributed by atoms with van der Waals surface area (Å²) in [6, 6.07) is 6.86. The van der Waals surface area contributed by atoms with Gasteiger partial charge < -0.3 is 15.2 Å². The van der Waals surface area contributed by atoms with Gasteiger partial charge in [-0.25, -0.2) is 4.79 Å². The smallest absolute Gasteiger partial charge is 0.328 e. The Bertz CT molecular complexity index is 525. The van der Waals surface area contributed by atoms with Gasteiger partial charge in [-0.2, -0.15) is 4.91 Å². The van der Waals surface area contributed by atoms with Crippen molar-refractivity contribution < 1.29 is 19.4 Å². The SMILES string of the molecule is O=NC1(C(NC(=O)c2ccccc2)C(=O)O)CCOCC1. The number of ether oxygens (including phenoxy) is 1. The van der Waals surface area contributed by atoms with Gasteiger partial charge >= 0.3 is 5.97 Å². The van der Waals surface area contributed by atoms with Crippen molar-refractivity contribution >= 4 is 11.9 Å². The molecule has 1 aromatic rings. The normalized spacial score (nSPS) is 18.5. The Labute approximate surface area is 121 Å². The number of carboxylic acid groups (broad SMARTS) is 1. The van der Waals surface area contributed by atoms with Crippen LogP contribution in [0.2, 0.25) is 0 Å². The van der Waals surface area contributed by atoms with Crippen LogP contribution < -0.4 is 5.32 Å². The van der Waals surface area contributed by atoms with Gasteiger partial charge in [-0.15, -0.1) is 0 Å². The fourth-order valence-corrected chi connectivity index (χ4v) is 2.39. The minimum absolute atomic E-state index is 0.169. The minimum atomic E-state index is -1.37. The van der Waals surface area contributed by atoms with Crippen LogP contribution in [0.3, 0.4) is 0 Å². The maximum absolute atomic E-state index is 12.1. The molecule has 1 amide bonds. The molecule has 0 aromatic heterocycles. The first-order chi connectivity index (χ1) is 10.1. The van der Waals surface area contributed by atoms with Crippen molar-refractivity contribution in [3.63, 3.8) is 0 Å². The minimum Gasteiger partial charge on any atom is -0.480 e. The van der Waals surface area contributed by atoms with E-state index < -0.39 is 23.5 Å². The first-order valence-corrected chi connectivity index (χ1v) is 6.60. The predicted octanol–water partition coefficient (Wildman–Crippen LogP) is 1.19. The maximum atomic E-state index is 12.1. The number of amides is 1. The van der Waals surface area contributed by atoms with E-state index in [9.17, 15) is 19.6 Å². The van der Waals surface area contributed by atoms with Crippen LogP contribution in [0, 0.1) is 4.91 Å². The lowest BCUT2D eigenvalue weighted by atomic mass is 9.83. The number of rotatable bonds is 5. The number of nitrogens with one attached hydrogen (secondary N) is 1. The van der Waals surface area contributed by atoms with Crippen LogP contribution >= 0.6 is 0 Å². The summed E-state index contributed by atoms with van der Waals surface area (Å²) in [7, 11) is 0. The molecular formula is C14H16N2O5.